The molecule has 7 heteroatoms. The van der Waals surface area contributed by atoms with E-state index in [4.69, 9.17) is 5.73 Å². The summed E-state index contributed by atoms with van der Waals surface area (Å²) in [4.78, 5) is 5.85. The molecule has 0 aliphatic carbocycles. The maximum Gasteiger partial charge on any atom is 0.240 e. The topological polar surface area (TPSA) is 88.3 Å². The zero-order chi connectivity index (χ0) is 14.0. The smallest absolute Gasteiger partial charge is 0.240 e. The summed E-state index contributed by atoms with van der Waals surface area (Å²) in [6.45, 7) is 4.22. The van der Waals surface area contributed by atoms with Crippen molar-refractivity contribution in [1.82, 2.24) is 14.6 Å². The summed E-state index contributed by atoms with van der Waals surface area (Å²) in [7, 11) is 0.257. The van der Waals surface area contributed by atoms with Crippen molar-refractivity contribution in [3.63, 3.8) is 0 Å². The molecule has 0 radical (unpaired) electrons. The molecule has 0 atom stereocenters. The maximum absolute atomic E-state index is 12.0. The van der Waals surface area contributed by atoms with E-state index in [0.29, 0.717) is 6.54 Å². The first-order valence-corrected chi connectivity index (χ1v) is 7.02. The van der Waals surface area contributed by atoms with Crippen molar-refractivity contribution in [2.75, 3.05) is 26.4 Å². The fraction of sp³-hybridized carbons (Fsp3) is 0.545. The number of rotatable bonds is 5. The zero-order valence-corrected chi connectivity index (χ0v) is 12.0. The maximum atomic E-state index is 12.0. The minimum Gasteiger partial charge on any atom is -0.384 e. The Morgan fingerprint density at radius 3 is 2.56 bits per heavy atom. The summed E-state index contributed by atoms with van der Waals surface area (Å²) >= 11 is 0. The Labute approximate surface area is 108 Å². The molecule has 1 rings (SSSR count). The highest BCUT2D eigenvalue weighted by Crippen LogP contribution is 2.13. The molecule has 6 nitrogen and oxygen atoms in total. The minimum absolute atomic E-state index is 0.129. The molecule has 1 heterocycles. The van der Waals surface area contributed by atoms with Crippen molar-refractivity contribution in [1.29, 1.82) is 0 Å². The monoisotopic (exact) mass is 272 g/mol. The van der Waals surface area contributed by atoms with Crippen molar-refractivity contribution in [3.8, 4) is 0 Å². The van der Waals surface area contributed by atoms with Crippen molar-refractivity contribution in [2.45, 2.75) is 24.3 Å². The number of hydrogen-bond donors (Lipinski definition) is 2. The summed E-state index contributed by atoms with van der Waals surface area (Å²) < 4.78 is 26.7. The number of nitrogens with zero attached hydrogens (tertiary/aromatic N) is 2. The van der Waals surface area contributed by atoms with Gasteiger partial charge in [-0.05, 0) is 34.0 Å². The van der Waals surface area contributed by atoms with Gasteiger partial charge in [0.25, 0.3) is 0 Å². The molecule has 0 saturated carbocycles. The van der Waals surface area contributed by atoms with Gasteiger partial charge in [0.05, 0.1) is 4.90 Å². The lowest BCUT2D eigenvalue weighted by atomic mass is 10.1. The van der Waals surface area contributed by atoms with E-state index in [2.05, 4.69) is 9.71 Å². The molecular weight excluding hydrogens is 252 g/mol. The summed E-state index contributed by atoms with van der Waals surface area (Å²) in [5.74, 6) is 0.185. The molecular formula is C11H20N4O2S. The van der Waals surface area contributed by atoms with E-state index in [1.54, 1.807) is 0 Å². The van der Waals surface area contributed by atoms with Gasteiger partial charge in [-0.3, -0.25) is 0 Å². The summed E-state index contributed by atoms with van der Waals surface area (Å²) in [5, 5.41) is 0. The molecule has 0 spiro atoms. The predicted molar refractivity (Wildman–Crippen MR) is 71.6 cm³/mol. The SMILES string of the molecule is CN(C)C(C)(C)CNS(=O)(=O)c1ccnc(N)c1. The fourth-order valence-electron chi connectivity index (χ4n) is 1.11. The molecule has 1 aromatic heterocycles. The van der Waals surface area contributed by atoms with Gasteiger partial charge in [0.15, 0.2) is 0 Å². The van der Waals surface area contributed by atoms with E-state index in [0.717, 1.165) is 0 Å². The number of nitrogens with one attached hydrogen (secondary N) is 1. The van der Waals surface area contributed by atoms with Gasteiger partial charge in [-0.1, -0.05) is 0 Å². The number of hydrogen-bond acceptors (Lipinski definition) is 5. The molecule has 1 aromatic rings. The highest BCUT2D eigenvalue weighted by atomic mass is 32.2. The lowest BCUT2D eigenvalue weighted by Crippen LogP contribution is -2.48. The normalized spacial score (nSPS) is 12.9. The van der Waals surface area contributed by atoms with Gasteiger partial charge in [0, 0.05) is 24.3 Å². The number of likely N-dealkylation sites (N-methyl/N-ethyl adjacent to an activating group) is 1. The summed E-state index contributed by atoms with van der Waals surface area (Å²) in [5.41, 5.74) is 5.20. The van der Waals surface area contributed by atoms with Crippen LogP contribution < -0.4 is 10.5 Å². The highest BCUT2D eigenvalue weighted by molar-refractivity contribution is 7.89. The van der Waals surface area contributed by atoms with Crippen LogP contribution in [0.15, 0.2) is 23.2 Å². The Balaban J connectivity index is 2.84. The second kappa shape index (κ2) is 5.21. The van der Waals surface area contributed by atoms with Crippen molar-refractivity contribution >= 4 is 15.8 Å². The van der Waals surface area contributed by atoms with Crippen LogP contribution in [-0.4, -0.2) is 44.5 Å². The van der Waals surface area contributed by atoms with Gasteiger partial charge in [0.2, 0.25) is 10.0 Å². The lowest BCUT2D eigenvalue weighted by Gasteiger charge is -2.32. The molecule has 0 amide bonds. The second-order valence-corrected chi connectivity index (χ2v) is 6.71. The van der Waals surface area contributed by atoms with Crippen molar-refractivity contribution in [3.05, 3.63) is 18.3 Å². The number of anilines is 1. The lowest BCUT2D eigenvalue weighted by molar-refractivity contribution is 0.199. The Bertz CT molecular complexity index is 512. The average Bonchev–Trinajstić information content (AvgIpc) is 2.26. The van der Waals surface area contributed by atoms with E-state index in [1.807, 2.05) is 32.8 Å². The summed E-state index contributed by atoms with van der Waals surface area (Å²) in [6, 6.07) is 2.76. The molecule has 0 aromatic carbocycles. The second-order valence-electron chi connectivity index (χ2n) is 4.95. The first kappa shape index (κ1) is 14.9. The van der Waals surface area contributed by atoms with Crippen LogP contribution in [0.25, 0.3) is 0 Å². The molecule has 0 aliphatic heterocycles. The number of nitrogens with two attached hydrogens (primary N) is 1. The van der Waals surface area contributed by atoms with Crippen LogP contribution in [0.4, 0.5) is 5.82 Å². The minimum atomic E-state index is -3.55. The van der Waals surface area contributed by atoms with E-state index >= 15 is 0 Å². The van der Waals surface area contributed by atoms with Gasteiger partial charge >= 0.3 is 0 Å². The van der Waals surface area contributed by atoms with Gasteiger partial charge in [-0.15, -0.1) is 0 Å². The molecule has 0 unspecified atom stereocenters. The third-order valence-corrected chi connectivity index (χ3v) is 4.37. The van der Waals surface area contributed by atoms with Crippen LogP contribution in [-0.2, 0) is 10.0 Å². The molecule has 0 aliphatic rings. The predicted octanol–water partition coefficient (Wildman–Crippen LogP) is 0.282. The standard InChI is InChI=1S/C11H20N4O2S/c1-11(2,15(3)4)8-14-18(16,17)9-5-6-13-10(12)7-9/h5-7,14H,8H2,1-4H3,(H2,12,13). The first-order chi connectivity index (χ1) is 8.15. The quantitative estimate of drug-likeness (QED) is 0.804. The zero-order valence-electron chi connectivity index (χ0n) is 11.1. The van der Waals surface area contributed by atoms with Gasteiger partial charge in [-0.25, -0.2) is 18.1 Å². The van der Waals surface area contributed by atoms with Crippen LogP contribution in [0, 0.1) is 0 Å². The van der Waals surface area contributed by atoms with E-state index < -0.39 is 10.0 Å². The summed E-state index contributed by atoms with van der Waals surface area (Å²) in [6.07, 6.45) is 1.38. The first-order valence-electron chi connectivity index (χ1n) is 5.54. The number of pyridine rings is 1. The van der Waals surface area contributed by atoms with Crippen LogP contribution in [0.5, 0.6) is 0 Å². The average molecular weight is 272 g/mol. The molecule has 0 bridgehead atoms. The van der Waals surface area contributed by atoms with E-state index in [9.17, 15) is 8.42 Å². The van der Waals surface area contributed by atoms with Crippen LogP contribution in [0.1, 0.15) is 13.8 Å². The van der Waals surface area contributed by atoms with Crippen molar-refractivity contribution < 1.29 is 8.42 Å². The Morgan fingerprint density at radius 2 is 2.06 bits per heavy atom. The van der Waals surface area contributed by atoms with Gasteiger partial charge in [-0.2, -0.15) is 0 Å². The van der Waals surface area contributed by atoms with Gasteiger partial charge in [0.1, 0.15) is 5.82 Å². The molecule has 0 fully saturated rings. The molecule has 0 saturated heterocycles. The van der Waals surface area contributed by atoms with E-state index in [1.165, 1.54) is 18.3 Å². The number of sulfonamides is 1. The number of aromatic nitrogens is 1. The third-order valence-electron chi connectivity index (χ3n) is 2.97. The molecule has 18 heavy (non-hydrogen) atoms. The van der Waals surface area contributed by atoms with Gasteiger partial charge < -0.3 is 10.6 Å². The molecule has 102 valence electrons. The Hall–Kier alpha value is -1.18. The Kier molecular flexibility index (Phi) is 4.31. The highest BCUT2D eigenvalue weighted by Gasteiger charge is 2.24. The van der Waals surface area contributed by atoms with Crippen LogP contribution in [0.2, 0.25) is 0 Å². The Morgan fingerprint density at radius 1 is 1.44 bits per heavy atom. The van der Waals surface area contributed by atoms with Crippen LogP contribution >= 0.6 is 0 Å². The fourth-order valence-corrected chi connectivity index (χ4v) is 2.33. The largest absolute Gasteiger partial charge is 0.384 e. The third kappa shape index (κ3) is 3.66. The van der Waals surface area contributed by atoms with E-state index in [-0.39, 0.29) is 16.3 Å². The van der Waals surface area contributed by atoms with Crippen LogP contribution in [0.3, 0.4) is 0 Å². The van der Waals surface area contributed by atoms with Crippen molar-refractivity contribution in [2.24, 2.45) is 0 Å². The molecule has 3 N–H and O–H groups in total. The number of nitrogen functional groups attached to an aromatic ring is 1.